The average molecular weight is 293 g/mol. The molecule has 0 saturated carbocycles. The number of nitriles is 1. The average Bonchev–Trinajstić information content (AvgIpc) is 2.81. The molecule has 0 radical (unpaired) electrons. The molecule has 0 aliphatic heterocycles. The minimum absolute atomic E-state index is 0.0445. The maximum atomic E-state index is 11.9. The molecule has 1 atom stereocenters. The number of rotatable bonds is 5. The normalized spacial score (nSPS) is 13.1. The molecule has 0 aliphatic rings. The highest BCUT2D eigenvalue weighted by atomic mass is 32.1. The van der Waals surface area contributed by atoms with Gasteiger partial charge < -0.3 is 10.2 Å². The van der Waals surface area contributed by atoms with Gasteiger partial charge >= 0.3 is 0 Å². The maximum Gasteiger partial charge on any atom is 0.226 e. The zero-order chi connectivity index (χ0) is 15.3. The van der Waals surface area contributed by atoms with Gasteiger partial charge in [-0.2, -0.15) is 5.26 Å². The summed E-state index contributed by atoms with van der Waals surface area (Å²) < 4.78 is 0. The number of nitrogens with one attached hydrogen (secondary N) is 1. The molecule has 1 unspecified atom stereocenters. The van der Waals surface area contributed by atoms with E-state index in [0.29, 0.717) is 29.6 Å². The molecule has 1 amide bonds. The Balaban J connectivity index is 2.47. The number of hydrogen-bond donors (Lipinski definition) is 1. The summed E-state index contributed by atoms with van der Waals surface area (Å²) in [4.78, 5) is 14.1. The second kappa shape index (κ2) is 6.87. The predicted octanol–water partition coefficient (Wildman–Crippen LogP) is 3.31. The third-order valence-corrected chi connectivity index (χ3v) is 4.47. The van der Waals surface area contributed by atoms with Crippen LogP contribution in [0.4, 0.5) is 5.00 Å². The van der Waals surface area contributed by atoms with Crippen molar-refractivity contribution in [2.24, 2.45) is 5.41 Å². The second-order valence-corrected chi connectivity index (χ2v) is 7.01. The Kier molecular flexibility index (Phi) is 5.73. The first-order valence-corrected chi connectivity index (χ1v) is 7.61. The highest BCUT2D eigenvalue weighted by molar-refractivity contribution is 7.14. The van der Waals surface area contributed by atoms with Crippen LogP contribution >= 0.6 is 11.3 Å². The van der Waals surface area contributed by atoms with Gasteiger partial charge in [-0.15, -0.1) is 11.3 Å². The van der Waals surface area contributed by atoms with Crippen molar-refractivity contribution >= 4 is 22.2 Å². The fraction of sp³-hybridized carbons (Fsp3) is 0.600. The third kappa shape index (κ3) is 4.62. The molecule has 0 aliphatic carbocycles. The van der Waals surface area contributed by atoms with E-state index in [1.165, 1.54) is 11.3 Å². The topological polar surface area (TPSA) is 56.1 Å². The molecule has 0 bridgehead atoms. The van der Waals surface area contributed by atoms with Crippen LogP contribution in [0.1, 0.15) is 39.7 Å². The Morgan fingerprint density at radius 3 is 2.75 bits per heavy atom. The van der Waals surface area contributed by atoms with Gasteiger partial charge in [-0.25, -0.2) is 0 Å². The summed E-state index contributed by atoms with van der Waals surface area (Å²) in [6.07, 6.45) is 0.430. The van der Waals surface area contributed by atoms with Crippen LogP contribution in [0.25, 0.3) is 0 Å². The number of nitrogens with zero attached hydrogens (tertiary/aromatic N) is 2. The van der Waals surface area contributed by atoms with E-state index in [2.05, 4.69) is 44.0 Å². The third-order valence-electron chi connectivity index (χ3n) is 3.64. The van der Waals surface area contributed by atoms with Gasteiger partial charge in [0.1, 0.15) is 11.1 Å². The van der Waals surface area contributed by atoms with Crippen LogP contribution in [0.2, 0.25) is 0 Å². The zero-order valence-electron chi connectivity index (χ0n) is 12.9. The molecule has 1 aromatic rings. The number of carbonyl (C=O) groups is 1. The number of amides is 1. The van der Waals surface area contributed by atoms with Crippen LogP contribution in [0.5, 0.6) is 0 Å². The Morgan fingerprint density at radius 2 is 2.20 bits per heavy atom. The number of anilines is 1. The minimum Gasteiger partial charge on any atom is -0.317 e. The standard InChI is InChI=1S/C15H23N3OS/c1-11(15(2,3)4)18(5)8-6-13(19)17-14-12(10-16)7-9-20-14/h7,9,11H,6,8H2,1-5H3,(H,17,19). The van der Waals surface area contributed by atoms with Crippen molar-refractivity contribution in [3.63, 3.8) is 0 Å². The van der Waals surface area contributed by atoms with Crippen molar-refractivity contribution in [3.8, 4) is 6.07 Å². The molecule has 1 N–H and O–H groups in total. The highest BCUT2D eigenvalue weighted by Crippen LogP contribution is 2.24. The molecule has 0 fully saturated rings. The zero-order valence-corrected chi connectivity index (χ0v) is 13.7. The van der Waals surface area contributed by atoms with Gasteiger partial charge in [-0.1, -0.05) is 20.8 Å². The van der Waals surface area contributed by atoms with Crippen LogP contribution in [-0.2, 0) is 4.79 Å². The summed E-state index contributed by atoms with van der Waals surface area (Å²) in [6.45, 7) is 9.46. The molecule has 1 aromatic heterocycles. The summed E-state index contributed by atoms with van der Waals surface area (Å²) in [5, 5.41) is 14.2. The fourth-order valence-corrected chi connectivity index (χ4v) is 2.57. The van der Waals surface area contributed by atoms with E-state index in [4.69, 9.17) is 5.26 Å². The van der Waals surface area contributed by atoms with E-state index in [0.717, 1.165) is 0 Å². The number of hydrogen-bond acceptors (Lipinski definition) is 4. The lowest BCUT2D eigenvalue weighted by Gasteiger charge is -2.35. The summed E-state index contributed by atoms with van der Waals surface area (Å²) in [5.74, 6) is -0.0445. The Bertz CT molecular complexity index is 496. The molecule has 110 valence electrons. The van der Waals surface area contributed by atoms with Crippen LogP contribution in [0.3, 0.4) is 0 Å². The highest BCUT2D eigenvalue weighted by Gasteiger charge is 2.23. The molecular weight excluding hydrogens is 270 g/mol. The van der Waals surface area contributed by atoms with Gasteiger partial charge in [0.15, 0.2) is 0 Å². The lowest BCUT2D eigenvalue weighted by molar-refractivity contribution is -0.116. The molecule has 5 heteroatoms. The van der Waals surface area contributed by atoms with Crippen LogP contribution < -0.4 is 5.32 Å². The van der Waals surface area contributed by atoms with Crippen molar-refractivity contribution in [3.05, 3.63) is 17.0 Å². The molecule has 20 heavy (non-hydrogen) atoms. The van der Waals surface area contributed by atoms with Crippen molar-refractivity contribution in [2.75, 3.05) is 18.9 Å². The molecule has 1 rings (SSSR count). The number of thiophene rings is 1. The van der Waals surface area contributed by atoms with E-state index < -0.39 is 0 Å². The lowest BCUT2D eigenvalue weighted by atomic mass is 9.87. The molecular formula is C15H23N3OS. The molecule has 0 saturated heterocycles. The van der Waals surface area contributed by atoms with E-state index in [-0.39, 0.29) is 11.3 Å². The molecule has 0 spiro atoms. The van der Waals surface area contributed by atoms with Gasteiger partial charge in [0, 0.05) is 19.0 Å². The maximum absolute atomic E-state index is 11.9. The minimum atomic E-state index is -0.0445. The SMILES string of the molecule is CC(N(C)CCC(=O)Nc1sccc1C#N)C(C)(C)C. The smallest absolute Gasteiger partial charge is 0.226 e. The summed E-state index contributed by atoms with van der Waals surface area (Å²) in [6, 6.07) is 4.18. The summed E-state index contributed by atoms with van der Waals surface area (Å²) in [5.41, 5.74) is 0.715. The van der Waals surface area contributed by atoms with Gasteiger partial charge in [-0.3, -0.25) is 4.79 Å². The first kappa shape index (κ1) is 16.7. The monoisotopic (exact) mass is 293 g/mol. The van der Waals surface area contributed by atoms with E-state index in [9.17, 15) is 4.79 Å². The van der Waals surface area contributed by atoms with Gasteiger partial charge in [0.25, 0.3) is 0 Å². The lowest BCUT2D eigenvalue weighted by Crippen LogP contribution is -2.40. The largest absolute Gasteiger partial charge is 0.317 e. The van der Waals surface area contributed by atoms with E-state index in [1.807, 2.05) is 12.4 Å². The predicted molar refractivity (Wildman–Crippen MR) is 83.8 cm³/mol. The summed E-state index contributed by atoms with van der Waals surface area (Å²) in [7, 11) is 2.04. The van der Waals surface area contributed by atoms with Gasteiger partial charge in [0.2, 0.25) is 5.91 Å². The van der Waals surface area contributed by atoms with Crippen molar-refractivity contribution < 1.29 is 4.79 Å². The quantitative estimate of drug-likeness (QED) is 0.906. The first-order chi connectivity index (χ1) is 9.25. The Morgan fingerprint density at radius 1 is 1.55 bits per heavy atom. The molecule has 0 aromatic carbocycles. The molecule has 1 heterocycles. The first-order valence-electron chi connectivity index (χ1n) is 6.73. The second-order valence-electron chi connectivity index (χ2n) is 6.10. The summed E-state index contributed by atoms with van der Waals surface area (Å²) >= 11 is 1.38. The van der Waals surface area contributed by atoms with E-state index >= 15 is 0 Å². The van der Waals surface area contributed by atoms with Gasteiger partial charge in [-0.05, 0) is 30.8 Å². The fourth-order valence-electron chi connectivity index (χ4n) is 1.82. The van der Waals surface area contributed by atoms with Crippen molar-refractivity contribution in [1.29, 1.82) is 5.26 Å². The van der Waals surface area contributed by atoms with Crippen LogP contribution in [-0.4, -0.2) is 30.4 Å². The van der Waals surface area contributed by atoms with Gasteiger partial charge in [0.05, 0.1) is 5.56 Å². The van der Waals surface area contributed by atoms with Crippen LogP contribution in [0.15, 0.2) is 11.4 Å². The van der Waals surface area contributed by atoms with Crippen molar-refractivity contribution in [1.82, 2.24) is 4.90 Å². The number of carbonyl (C=O) groups excluding carboxylic acids is 1. The van der Waals surface area contributed by atoms with Crippen molar-refractivity contribution in [2.45, 2.75) is 40.2 Å². The van der Waals surface area contributed by atoms with Crippen LogP contribution in [0, 0.1) is 16.7 Å². The Labute approximate surface area is 125 Å². The molecule has 4 nitrogen and oxygen atoms in total. The Hall–Kier alpha value is -1.38. The van der Waals surface area contributed by atoms with E-state index in [1.54, 1.807) is 6.07 Å².